The van der Waals surface area contributed by atoms with E-state index >= 15 is 0 Å². The summed E-state index contributed by atoms with van der Waals surface area (Å²) in [5, 5.41) is 0.411. The molecule has 0 spiro atoms. The van der Waals surface area contributed by atoms with Gasteiger partial charge in [0.05, 0.1) is 17.8 Å². The SMILES string of the molecule is NC(=O)CSc1nc2cc(-c3ccc(F)cc3)sc2c(=O)n1Cc1cccnc1. The van der Waals surface area contributed by atoms with Gasteiger partial charge in [-0.3, -0.25) is 19.1 Å². The van der Waals surface area contributed by atoms with Gasteiger partial charge in [0, 0.05) is 17.3 Å². The van der Waals surface area contributed by atoms with E-state index in [0.717, 1.165) is 27.8 Å². The Morgan fingerprint density at radius 1 is 1.24 bits per heavy atom. The van der Waals surface area contributed by atoms with E-state index in [9.17, 15) is 14.0 Å². The molecule has 0 unspecified atom stereocenters. The number of rotatable bonds is 6. The van der Waals surface area contributed by atoms with Gasteiger partial charge >= 0.3 is 0 Å². The summed E-state index contributed by atoms with van der Waals surface area (Å²) in [5.74, 6) is -0.800. The number of carbonyl (C=O) groups excluding carboxylic acids is 1. The highest BCUT2D eigenvalue weighted by Gasteiger charge is 2.16. The fourth-order valence-electron chi connectivity index (χ4n) is 2.81. The van der Waals surface area contributed by atoms with Crippen molar-refractivity contribution in [1.82, 2.24) is 14.5 Å². The van der Waals surface area contributed by atoms with Crippen LogP contribution in [-0.4, -0.2) is 26.2 Å². The number of pyridine rings is 1. The zero-order valence-corrected chi connectivity index (χ0v) is 16.7. The number of primary amides is 1. The first-order valence-electron chi connectivity index (χ1n) is 8.61. The Labute approximate surface area is 173 Å². The van der Waals surface area contributed by atoms with Crippen LogP contribution < -0.4 is 11.3 Å². The fourth-order valence-corrected chi connectivity index (χ4v) is 4.60. The van der Waals surface area contributed by atoms with Gasteiger partial charge in [-0.25, -0.2) is 9.37 Å². The molecule has 0 atom stereocenters. The highest BCUT2D eigenvalue weighted by molar-refractivity contribution is 7.99. The summed E-state index contributed by atoms with van der Waals surface area (Å²) in [6.45, 7) is 0.278. The van der Waals surface area contributed by atoms with Gasteiger partial charge in [0.15, 0.2) is 5.16 Å². The van der Waals surface area contributed by atoms with Crippen molar-refractivity contribution in [2.45, 2.75) is 11.7 Å². The largest absolute Gasteiger partial charge is 0.369 e. The molecule has 0 radical (unpaired) electrons. The molecule has 3 aromatic heterocycles. The number of aromatic nitrogens is 3. The molecule has 146 valence electrons. The molecule has 9 heteroatoms. The number of halogens is 1. The highest BCUT2D eigenvalue weighted by atomic mass is 32.2. The van der Waals surface area contributed by atoms with Crippen LogP contribution in [0.4, 0.5) is 4.39 Å². The number of hydrogen-bond acceptors (Lipinski definition) is 6. The minimum atomic E-state index is -0.491. The number of nitrogens with two attached hydrogens (primary N) is 1. The summed E-state index contributed by atoms with van der Waals surface area (Å²) < 4.78 is 15.2. The molecule has 2 N–H and O–H groups in total. The Bertz CT molecular complexity index is 1240. The van der Waals surface area contributed by atoms with Crippen molar-refractivity contribution in [3.8, 4) is 10.4 Å². The highest BCUT2D eigenvalue weighted by Crippen LogP contribution is 2.32. The van der Waals surface area contributed by atoms with Crippen LogP contribution in [0.15, 0.2) is 64.8 Å². The number of amides is 1. The van der Waals surface area contributed by atoms with Crippen LogP contribution in [0.1, 0.15) is 5.56 Å². The monoisotopic (exact) mass is 426 g/mol. The maximum atomic E-state index is 13.2. The van der Waals surface area contributed by atoms with Crippen LogP contribution in [0.5, 0.6) is 0 Å². The van der Waals surface area contributed by atoms with Crippen LogP contribution in [0.25, 0.3) is 20.7 Å². The average molecular weight is 426 g/mol. The summed E-state index contributed by atoms with van der Waals surface area (Å²) in [4.78, 5) is 34.0. The van der Waals surface area contributed by atoms with Gasteiger partial charge in [0.25, 0.3) is 5.56 Å². The summed E-state index contributed by atoms with van der Waals surface area (Å²) >= 11 is 2.43. The second kappa shape index (κ2) is 8.14. The van der Waals surface area contributed by atoms with Gasteiger partial charge in [-0.05, 0) is 35.4 Å². The zero-order valence-electron chi connectivity index (χ0n) is 15.0. The van der Waals surface area contributed by atoms with Gasteiger partial charge < -0.3 is 5.73 Å². The zero-order chi connectivity index (χ0) is 20.4. The lowest BCUT2D eigenvalue weighted by Crippen LogP contribution is -2.24. The second-order valence-electron chi connectivity index (χ2n) is 6.23. The van der Waals surface area contributed by atoms with Crippen molar-refractivity contribution in [2.75, 3.05) is 5.75 Å². The first-order chi connectivity index (χ1) is 14.0. The van der Waals surface area contributed by atoms with E-state index in [1.54, 1.807) is 36.7 Å². The molecule has 0 fully saturated rings. The standard InChI is InChI=1S/C20H15FN4O2S2/c21-14-5-3-13(4-6-14)16-8-15-18(29-16)19(27)25(10-12-2-1-7-23-9-12)20(24-15)28-11-17(22)26/h1-9H,10-11H2,(H2,22,26). The van der Waals surface area contributed by atoms with E-state index in [0.29, 0.717) is 15.4 Å². The van der Waals surface area contributed by atoms with Crippen LogP contribution in [0.3, 0.4) is 0 Å². The fraction of sp³-hybridized carbons (Fsp3) is 0.100. The molecule has 1 amide bonds. The number of thioether (sulfide) groups is 1. The number of carbonyl (C=O) groups is 1. The minimum absolute atomic E-state index is 0.0138. The molecule has 1 aromatic carbocycles. The minimum Gasteiger partial charge on any atom is -0.369 e. The summed E-state index contributed by atoms with van der Waals surface area (Å²) in [5.41, 5.74) is 7.25. The van der Waals surface area contributed by atoms with E-state index in [-0.39, 0.29) is 23.7 Å². The molecule has 4 aromatic rings. The lowest BCUT2D eigenvalue weighted by Gasteiger charge is -2.11. The van der Waals surface area contributed by atoms with Crippen LogP contribution in [0, 0.1) is 5.82 Å². The van der Waals surface area contributed by atoms with Crippen molar-refractivity contribution in [3.05, 3.63) is 76.6 Å². The lowest BCUT2D eigenvalue weighted by molar-refractivity contribution is -0.115. The van der Waals surface area contributed by atoms with Gasteiger partial charge in [-0.15, -0.1) is 11.3 Å². The first kappa shape index (κ1) is 19.3. The molecule has 0 bridgehead atoms. The molecule has 4 rings (SSSR count). The maximum absolute atomic E-state index is 13.2. The van der Waals surface area contributed by atoms with Crippen molar-refractivity contribution in [2.24, 2.45) is 5.73 Å². The van der Waals surface area contributed by atoms with Crippen LogP contribution in [0.2, 0.25) is 0 Å². The van der Waals surface area contributed by atoms with Gasteiger partial charge in [-0.1, -0.05) is 30.0 Å². The summed E-state index contributed by atoms with van der Waals surface area (Å²) in [6, 6.07) is 11.5. The third-order valence-electron chi connectivity index (χ3n) is 4.13. The lowest BCUT2D eigenvalue weighted by atomic mass is 10.2. The second-order valence-corrected chi connectivity index (χ2v) is 8.23. The Kier molecular flexibility index (Phi) is 5.41. The van der Waals surface area contributed by atoms with Crippen LogP contribution >= 0.6 is 23.1 Å². The number of benzene rings is 1. The molecule has 0 aliphatic rings. The van der Waals surface area contributed by atoms with Gasteiger partial charge in [0.1, 0.15) is 10.5 Å². The molecule has 0 aliphatic carbocycles. The third-order valence-corrected chi connectivity index (χ3v) is 6.29. The van der Waals surface area contributed by atoms with E-state index in [1.807, 2.05) is 6.07 Å². The molecule has 6 nitrogen and oxygen atoms in total. The normalized spacial score (nSPS) is 11.1. The number of hydrogen-bond donors (Lipinski definition) is 1. The topological polar surface area (TPSA) is 90.9 Å². The Morgan fingerprint density at radius 2 is 2.03 bits per heavy atom. The van der Waals surface area contributed by atoms with E-state index in [2.05, 4.69) is 9.97 Å². The van der Waals surface area contributed by atoms with Crippen molar-refractivity contribution >= 4 is 39.2 Å². The van der Waals surface area contributed by atoms with E-state index in [1.165, 1.54) is 28.0 Å². The predicted octanol–water partition coefficient (Wildman–Crippen LogP) is 3.28. The van der Waals surface area contributed by atoms with Crippen LogP contribution in [-0.2, 0) is 11.3 Å². The Balaban J connectivity index is 1.83. The average Bonchev–Trinajstić information content (AvgIpc) is 3.14. The van der Waals surface area contributed by atoms with Crippen molar-refractivity contribution < 1.29 is 9.18 Å². The molecule has 3 heterocycles. The maximum Gasteiger partial charge on any atom is 0.272 e. The predicted molar refractivity (Wildman–Crippen MR) is 113 cm³/mol. The number of nitrogens with zero attached hydrogens (tertiary/aromatic N) is 3. The van der Waals surface area contributed by atoms with Crippen molar-refractivity contribution in [1.29, 1.82) is 0 Å². The summed E-state index contributed by atoms with van der Waals surface area (Å²) in [6.07, 6.45) is 3.34. The first-order valence-corrected chi connectivity index (χ1v) is 10.4. The van der Waals surface area contributed by atoms with Gasteiger partial charge in [0.2, 0.25) is 5.91 Å². The van der Waals surface area contributed by atoms with E-state index in [4.69, 9.17) is 5.73 Å². The number of thiophene rings is 1. The Morgan fingerprint density at radius 3 is 2.72 bits per heavy atom. The molecular formula is C20H15FN4O2S2. The molecular weight excluding hydrogens is 411 g/mol. The molecule has 0 aliphatic heterocycles. The molecule has 29 heavy (non-hydrogen) atoms. The molecule has 0 saturated heterocycles. The van der Waals surface area contributed by atoms with E-state index < -0.39 is 5.91 Å². The number of fused-ring (bicyclic) bond motifs is 1. The third kappa shape index (κ3) is 4.20. The quantitative estimate of drug-likeness (QED) is 0.377. The molecule has 0 saturated carbocycles. The smallest absolute Gasteiger partial charge is 0.272 e. The van der Waals surface area contributed by atoms with Crippen molar-refractivity contribution in [3.63, 3.8) is 0 Å². The summed E-state index contributed by atoms with van der Waals surface area (Å²) in [7, 11) is 0. The Hall–Kier alpha value is -3.04. The van der Waals surface area contributed by atoms with Gasteiger partial charge in [-0.2, -0.15) is 0 Å².